The summed E-state index contributed by atoms with van der Waals surface area (Å²) in [6.07, 6.45) is 1.72. The number of nitrogens with zero attached hydrogens (tertiary/aromatic N) is 1. The smallest absolute Gasteiger partial charge is 0.179 e. The van der Waals surface area contributed by atoms with Crippen LogP contribution in [0.2, 0.25) is 0 Å². The van der Waals surface area contributed by atoms with Crippen molar-refractivity contribution in [2.75, 3.05) is 0 Å². The van der Waals surface area contributed by atoms with Gasteiger partial charge in [-0.15, -0.1) is 0 Å². The van der Waals surface area contributed by atoms with E-state index in [-0.39, 0.29) is 11.7 Å². The lowest BCUT2D eigenvalue weighted by molar-refractivity contribution is -0.115. The second kappa shape index (κ2) is 4.06. The fourth-order valence-corrected chi connectivity index (χ4v) is 0.385. The second-order valence-corrected chi connectivity index (χ2v) is 1.96. The predicted molar refractivity (Wildman–Crippen MR) is 34.7 cm³/mol. The van der Waals surface area contributed by atoms with Crippen LogP contribution in [0.25, 0.3) is 0 Å². The molecule has 52 valence electrons. The summed E-state index contributed by atoms with van der Waals surface area (Å²) in [6, 6.07) is 0. The van der Waals surface area contributed by atoms with Crippen LogP contribution in [0.4, 0.5) is 0 Å². The Kier molecular flexibility index (Phi) is 3.67. The van der Waals surface area contributed by atoms with Crippen LogP contribution >= 0.6 is 0 Å². The number of hydrogen-bond acceptors (Lipinski definition) is 3. The molecule has 0 aromatic rings. The van der Waals surface area contributed by atoms with E-state index in [0.29, 0.717) is 0 Å². The third-order valence-corrected chi connectivity index (χ3v) is 1.28. The Morgan fingerprint density at radius 3 is 2.78 bits per heavy atom. The Labute approximate surface area is 54.4 Å². The molecule has 0 bridgehead atoms. The van der Waals surface area contributed by atoms with Crippen molar-refractivity contribution in [3.05, 3.63) is 0 Å². The van der Waals surface area contributed by atoms with Crippen LogP contribution < -0.4 is 0 Å². The molecule has 0 aliphatic heterocycles. The maximum absolute atomic E-state index is 10.7. The van der Waals surface area contributed by atoms with E-state index in [0.717, 1.165) is 12.6 Å². The van der Waals surface area contributed by atoms with Gasteiger partial charge in [-0.05, 0) is 6.42 Å². The minimum atomic E-state index is -0.125. The first-order chi connectivity index (χ1) is 4.22. The monoisotopic (exact) mass is 129 g/mol. The summed E-state index contributed by atoms with van der Waals surface area (Å²) >= 11 is 0. The van der Waals surface area contributed by atoms with E-state index in [1.165, 1.54) is 0 Å². The van der Waals surface area contributed by atoms with Gasteiger partial charge in [0.15, 0.2) is 5.78 Å². The molecular weight excluding hydrogens is 118 g/mol. The molecule has 0 aliphatic rings. The first-order valence-corrected chi connectivity index (χ1v) is 2.93. The van der Waals surface area contributed by atoms with E-state index in [9.17, 15) is 4.79 Å². The van der Waals surface area contributed by atoms with Crippen LogP contribution in [0.1, 0.15) is 20.3 Å². The Balaban J connectivity index is 3.73. The van der Waals surface area contributed by atoms with E-state index in [4.69, 9.17) is 5.21 Å². The van der Waals surface area contributed by atoms with Crippen LogP contribution in [0.15, 0.2) is 5.16 Å². The molecule has 0 amide bonds. The zero-order valence-corrected chi connectivity index (χ0v) is 5.66. The van der Waals surface area contributed by atoms with Gasteiger partial charge in [-0.1, -0.05) is 19.0 Å². The molecule has 0 fully saturated rings. The molecular formula is C6H11NO2. The molecule has 0 saturated carbocycles. The van der Waals surface area contributed by atoms with Gasteiger partial charge in [0.05, 0.1) is 0 Å². The number of Topliss-reactive ketones (excluding diaryl/α,β-unsaturated/α-hetero) is 1. The Morgan fingerprint density at radius 2 is 2.44 bits per heavy atom. The molecule has 0 aromatic heterocycles. The van der Waals surface area contributed by atoms with Gasteiger partial charge in [-0.3, -0.25) is 4.79 Å². The van der Waals surface area contributed by atoms with Gasteiger partial charge >= 0.3 is 0 Å². The third-order valence-electron chi connectivity index (χ3n) is 1.28. The quantitative estimate of drug-likeness (QED) is 0.352. The van der Waals surface area contributed by atoms with Crippen molar-refractivity contribution >= 4 is 12.0 Å². The van der Waals surface area contributed by atoms with E-state index in [2.05, 4.69) is 5.16 Å². The summed E-state index contributed by atoms with van der Waals surface area (Å²) in [4.78, 5) is 10.7. The highest BCUT2D eigenvalue weighted by Gasteiger charge is 2.06. The van der Waals surface area contributed by atoms with Gasteiger partial charge in [-0.2, -0.15) is 0 Å². The molecule has 3 heteroatoms. The van der Waals surface area contributed by atoms with Crippen LogP contribution in [0.5, 0.6) is 0 Å². The molecule has 0 spiro atoms. The molecule has 0 heterocycles. The summed E-state index contributed by atoms with van der Waals surface area (Å²) in [5, 5.41) is 10.6. The summed E-state index contributed by atoms with van der Waals surface area (Å²) in [6.45, 7) is 3.71. The zero-order valence-electron chi connectivity index (χ0n) is 5.66. The van der Waals surface area contributed by atoms with Gasteiger partial charge < -0.3 is 5.21 Å². The van der Waals surface area contributed by atoms with Crippen molar-refractivity contribution in [1.82, 2.24) is 0 Å². The minimum Gasteiger partial charge on any atom is -0.411 e. The van der Waals surface area contributed by atoms with Crippen LogP contribution in [-0.4, -0.2) is 17.2 Å². The lowest BCUT2D eigenvalue weighted by Crippen LogP contribution is -2.10. The molecule has 0 radical (unpaired) electrons. The van der Waals surface area contributed by atoms with Gasteiger partial charge in [0, 0.05) is 5.92 Å². The summed E-state index contributed by atoms with van der Waals surface area (Å²) in [5.74, 6) is -0.152. The number of carbonyl (C=O) groups is 1. The Bertz CT molecular complexity index is 120. The van der Waals surface area contributed by atoms with Crippen molar-refractivity contribution in [2.45, 2.75) is 20.3 Å². The topological polar surface area (TPSA) is 49.7 Å². The number of hydrogen-bond donors (Lipinski definition) is 1. The van der Waals surface area contributed by atoms with E-state index >= 15 is 0 Å². The number of ketones is 1. The predicted octanol–water partition coefficient (Wildman–Crippen LogP) is 1.06. The summed E-state index contributed by atoms with van der Waals surface area (Å²) in [5.41, 5.74) is 0. The van der Waals surface area contributed by atoms with Crippen molar-refractivity contribution in [1.29, 1.82) is 0 Å². The first-order valence-electron chi connectivity index (χ1n) is 2.93. The van der Waals surface area contributed by atoms with Gasteiger partial charge in [0.1, 0.15) is 6.21 Å². The fraction of sp³-hybridized carbons (Fsp3) is 0.667. The van der Waals surface area contributed by atoms with Crippen LogP contribution in [-0.2, 0) is 4.79 Å². The lowest BCUT2D eigenvalue weighted by atomic mass is 10.1. The van der Waals surface area contributed by atoms with Gasteiger partial charge in [0.2, 0.25) is 0 Å². The van der Waals surface area contributed by atoms with Crippen molar-refractivity contribution in [3.63, 3.8) is 0 Å². The summed E-state index contributed by atoms with van der Waals surface area (Å²) in [7, 11) is 0. The molecule has 1 unspecified atom stereocenters. The Morgan fingerprint density at radius 1 is 1.89 bits per heavy atom. The molecule has 1 N–H and O–H groups in total. The number of oxime groups is 1. The molecule has 0 aliphatic carbocycles. The van der Waals surface area contributed by atoms with Crippen molar-refractivity contribution < 1.29 is 10.0 Å². The first kappa shape index (κ1) is 8.14. The third kappa shape index (κ3) is 2.85. The highest BCUT2D eigenvalue weighted by atomic mass is 16.4. The number of rotatable bonds is 3. The largest absolute Gasteiger partial charge is 0.411 e. The average Bonchev–Trinajstić information content (AvgIpc) is 1.87. The lowest BCUT2D eigenvalue weighted by Gasteiger charge is -1.98. The SMILES string of the molecule is CCC(C)C(=O)/C=N/O. The van der Waals surface area contributed by atoms with E-state index in [1.807, 2.05) is 6.92 Å². The fourth-order valence-electron chi connectivity index (χ4n) is 0.385. The standard InChI is InChI=1S/C6H11NO2/c1-3-5(2)6(8)4-7-9/h4-5,9H,3H2,1-2H3/b7-4+. The summed E-state index contributed by atoms with van der Waals surface area (Å²) < 4.78 is 0. The normalized spacial score (nSPS) is 14.0. The van der Waals surface area contributed by atoms with Crippen molar-refractivity contribution in [2.24, 2.45) is 11.1 Å². The highest BCUT2D eigenvalue weighted by molar-refractivity contribution is 6.28. The van der Waals surface area contributed by atoms with Gasteiger partial charge in [0.25, 0.3) is 0 Å². The average molecular weight is 129 g/mol. The van der Waals surface area contributed by atoms with Crippen molar-refractivity contribution in [3.8, 4) is 0 Å². The maximum atomic E-state index is 10.7. The maximum Gasteiger partial charge on any atom is 0.179 e. The number of carbonyl (C=O) groups excluding carboxylic acids is 1. The molecule has 3 nitrogen and oxygen atoms in total. The van der Waals surface area contributed by atoms with Crippen LogP contribution in [0, 0.1) is 5.92 Å². The molecule has 0 aromatic carbocycles. The van der Waals surface area contributed by atoms with E-state index < -0.39 is 0 Å². The highest BCUT2D eigenvalue weighted by Crippen LogP contribution is 1.99. The molecule has 0 saturated heterocycles. The minimum absolute atomic E-state index is 0.0269. The molecule has 1 atom stereocenters. The van der Waals surface area contributed by atoms with E-state index in [1.54, 1.807) is 6.92 Å². The molecule has 9 heavy (non-hydrogen) atoms. The second-order valence-electron chi connectivity index (χ2n) is 1.96. The van der Waals surface area contributed by atoms with Gasteiger partial charge in [-0.25, -0.2) is 0 Å². The molecule has 0 rings (SSSR count). The zero-order chi connectivity index (χ0) is 7.28. The van der Waals surface area contributed by atoms with Crippen LogP contribution in [0.3, 0.4) is 0 Å². The Hall–Kier alpha value is -0.860.